The van der Waals surface area contributed by atoms with Crippen molar-refractivity contribution >= 4 is 53.1 Å². The van der Waals surface area contributed by atoms with Crippen molar-refractivity contribution in [1.82, 2.24) is 14.9 Å². The topological polar surface area (TPSA) is 68.2 Å². The second-order valence-electron chi connectivity index (χ2n) is 4.73. The normalized spacial score (nSPS) is 12.6. The Bertz CT molecular complexity index is 656. The van der Waals surface area contributed by atoms with Crippen LogP contribution in [0, 0.1) is 0 Å². The number of guanidine groups is 1. The molecule has 5 nitrogen and oxygen atoms in total. The highest BCUT2D eigenvalue weighted by Gasteiger charge is 2.10. The summed E-state index contributed by atoms with van der Waals surface area (Å²) in [6, 6.07) is 5.31. The minimum absolute atomic E-state index is 0. The van der Waals surface area contributed by atoms with Crippen molar-refractivity contribution in [3.63, 3.8) is 0 Å². The first-order valence-corrected chi connectivity index (χ1v) is 7.19. The molecular formula is C14H18Cl2IN5. The van der Waals surface area contributed by atoms with Crippen molar-refractivity contribution < 1.29 is 0 Å². The van der Waals surface area contributed by atoms with E-state index in [2.05, 4.69) is 15.3 Å². The number of benzene rings is 1. The van der Waals surface area contributed by atoms with Crippen molar-refractivity contribution in [2.75, 3.05) is 0 Å². The molecule has 0 fully saturated rings. The predicted molar refractivity (Wildman–Crippen MR) is 102 cm³/mol. The first-order chi connectivity index (χ1) is 9.97. The van der Waals surface area contributed by atoms with Crippen LogP contribution in [-0.4, -0.2) is 15.5 Å². The number of aromatic nitrogens is 2. The maximum Gasteiger partial charge on any atom is 0.189 e. The van der Waals surface area contributed by atoms with Crippen molar-refractivity contribution in [3.8, 4) is 0 Å². The maximum absolute atomic E-state index is 6.17. The first-order valence-electron chi connectivity index (χ1n) is 6.44. The van der Waals surface area contributed by atoms with Gasteiger partial charge in [0.05, 0.1) is 30.8 Å². The summed E-state index contributed by atoms with van der Waals surface area (Å²) in [5, 5.41) is 4.31. The van der Waals surface area contributed by atoms with Crippen LogP contribution in [0.2, 0.25) is 10.0 Å². The highest BCUT2D eigenvalue weighted by Crippen LogP contribution is 2.25. The van der Waals surface area contributed by atoms with Gasteiger partial charge in [-0.25, -0.2) is 9.98 Å². The van der Waals surface area contributed by atoms with Crippen molar-refractivity contribution in [3.05, 3.63) is 52.0 Å². The molecule has 2 aromatic rings. The van der Waals surface area contributed by atoms with Crippen LogP contribution in [0.15, 0.2) is 35.7 Å². The number of nitrogens with two attached hydrogens (primary N) is 1. The number of nitrogens with one attached hydrogen (secondary N) is 1. The van der Waals surface area contributed by atoms with Gasteiger partial charge in [-0.05, 0) is 24.6 Å². The third-order valence-corrected chi connectivity index (χ3v) is 3.68. The number of halogens is 3. The molecule has 0 saturated heterocycles. The van der Waals surface area contributed by atoms with E-state index in [1.165, 1.54) is 0 Å². The summed E-state index contributed by atoms with van der Waals surface area (Å²) in [6.07, 6.45) is 3.49. The Morgan fingerprint density at radius 1 is 1.45 bits per heavy atom. The number of nitrogens with zero attached hydrogens (tertiary/aromatic N) is 3. The standard InChI is InChI=1S/C14H17Cl2N5.HI/c1-9(12-4-3-10(15)5-13(12)16)20-14(17)19-7-11-6-18-8-21(11)2;/h3-6,8-9H,7H2,1-2H3,(H3,17,19,20);1H. The van der Waals surface area contributed by atoms with E-state index in [4.69, 9.17) is 28.9 Å². The summed E-state index contributed by atoms with van der Waals surface area (Å²) in [4.78, 5) is 8.32. The second kappa shape index (κ2) is 8.59. The fraction of sp³-hybridized carbons (Fsp3) is 0.286. The third-order valence-electron chi connectivity index (χ3n) is 3.12. The van der Waals surface area contributed by atoms with Gasteiger partial charge in [-0.1, -0.05) is 29.3 Å². The van der Waals surface area contributed by atoms with E-state index in [1.807, 2.05) is 24.6 Å². The molecule has 1 aromatic carbocycles. The second-order valence-corrected chi connectivity index (χ2v) is 5.57. The van der Waals surface area contributed by atoms with Crippen LogP contribution >= 0.6 is 47.2 Å². The largest absolute Gasteiger partial charge is 0.370 e. The van der Waals surface area contributed by atoms with E-state index in [-0.39, 0.29) is 30.0 Å². The molecule has 0 aliphatic heterocycles. The fourth-order valence-electron chi connectivity index (χ4n) is 1.90. The molecule has 22 heavy (non-hydrogen) atoms. The molecule has 1 atom stereocenters. The van der Waals surface area contributed by atoms with Crippen LogP contribution in [0.1, 0.15) is 24.2 Å². The van der Waals surface area contributed by atoms with Gasteiger partial charge in [0.25, 0.3) is 0 Å². The van der Waals surface area contributed by atoms with Crippen molar-refractivity contribution in [1.29, 1.82) is 0 Å². The average Bonchev–Trinajstić information content (AvgIpc) is 2.81. The number of hydrogen-bond donors (Lipinski definition) is 2. The molecule has 8 heteroatoms. The molecule has 3 N–H and O–H groups in total. The van der Waals surface area contributed by atoms with Gasteiger partial charge in [0.2, 0.25) is 0 Å². The number of hydrogen-bond acceptors (Lipinski definition) is 2. The van der Waals surface area contributed by atoms with E-state index in [0.717, 1.165) is 11.3 Å². The van der Waals surface area contributed by atoms with Gasteiger partial charge in [-0.15, -0.1) is 24.0 Å². The van der Waals surface area contributed by atoms with Gasteiger partial charge in [-0.3, -0.25) is 0 Å². The number of rotatable bonds is 4. The van der Waals surface area contributed by atoms with Gasteiger partial charge in [0.1, 0.15) is 0 Å². The third kappa shape index (κ3) is 5.03. The Morgan fingerprint density at radius 2 is 2.18 bits per heavy atom. The Labute approximate surface area is 156 Å². The lowest BCUT2D eigenvalue weighted by Gasteiger charge is -2.16. The highest BCUT2D eigenvalue weighted by molar-refractivity contribution is 14.0. The summed E-state index contributed by atoms with van der Waals surface area (Å²) in [6.45, 7) is 2.43. The Morgan fingerprint density at radius 3 is 2.77 bits per heavy atom. The van der Waals surface area contributed by atoms with E-state index in [1.54, 1.807) is 24.7 Å². The van der Waals surface area contributed by atoms with Crippen LogP contribution < -0.4 is 11.1 Å². The SMILES string of the molecule is CC(NC(N)=NCc1cncn1C)c1ccc(Cl)cc1Cl.I. The van der Waals surface area contributed by atoms with Crippen LogP contribution in [0.3, 0.4) is 0 Å². The zero-order valence-electron chi connectivity index (χ0n) is 12.3. The molecule has 0 radical (unpaired) electrons. The van der Waals surface area contributed by atoms with E-state index in [9.17, 15) is 0 Å². The van der Waals surface area contributed by atoms with Crippen LogP contribution in [0.25, 0.3) is 0 Å². The van der Waals surface area contributed by atoms with Gasteiger partial charge >= 0.3 is 0 Å². The predicted octanol–water partition coefficient (Wildman–Crippen LogP) is 3.51. The van der Waals surface area contributed by atoms with Gasteiger partial charge in [0, 0.05) is 17.1 Å². The zero-order valence-corrected chi connectivity index (χ0v) is 16.1. The zero-order chi connectivity index (χ0) is 15.4. The van der Waals surface area contributed by atoms with Gasteiger partial charge in [0.15, 0.2) is 5.96 Å². The lowest BCUT2D eigenvalue weighted by atomic mass is 10.1. The molecule has 0 saturated carbocycles. The minimum atomic E-state index is -0.0648. The van der Waals surface area contributed by atoms with E-state index >= 15 is 0 Å². The number of aliphatic imine (C=N–C) groups is 1. The maximum atomic E-state index is 6.17. The lowest BCUT2D eigenvalue weighted by molar-refractivity contribution is 0.705. The monoisotopic (exact) mass is 453 g/mol. The molecule has 1 aromatic heterocycles. The summed E-state index contributed by atoms with van der Waals surface area (Å²) in [7, 11) is 1.91. The molecule has 0 bridgehead atoms. The van der Waals surface area contributed by atoms with Crippen molar-refractivity contribution in [2.45, 2.75) is 19.5 Å². The Kier molecular flexibility index (Phi) is 7.44. The molecule has 120 valence electrons. The summed E-state index contributed by atoms with van der Waals surface area (Å²) < 4.78 is 1.90. The minimum Gasteiger partial charge on any atom is -0.370 e. The van der Waals surface area contributed by atoms with E-state index < -0.39 is 0 Å². The molecule has 0 aliphatic carbocycles. The van der Waals surface area contributed by atoms with Crippen LogP contribution in [-0.2, 0) is 13.6 Å². The Hall–Kier alpha value is -0.990. The summed E-state index contributed by atoms with van der Waals surface area (Å²) in [5.41, 5.74) is 7.80. The summed E-state index contributed by atoms with van der Waals surface area (Å²) >= 11 is 12.1. The lowest BCUT2D eigenvalue weighted by Crippen LogP contribution is -2.34. The van der Waals surface area contributed by atoms with E-state index in [0.29, 0.717) is 22.5 Å². The smallest absolute Gasteiger partial charge is 0.189 e. The molecule has 0 spiro atoms. The molecule has 2 rings (SSSR count). The summed E-state index contributed by atoms with van der Waals surface area (Å²) in [5.74, 6) is 0.356. The molecule has 1 heterocycles. The molecule has 1 unspecified atom stereocenters. The molecular weight excluding hydrogens is 436 g/mol. The fourth-order valence-corrected chi connectivity index (χ4v) is 2.47. The number of imidazole rings is 1. The highest BCUT2D eigenvalue weighted by atomic mass is 127. The van der Waals surface area contributed by atoms with Gasteiger partial charge in [-0.2, -0.15) is 0 Å². The first kappa shape index (κ1) is 19.1. The molecule has 0 aliphatic rings. The van der Waals surface area contributed by atoms with Crippen molar-refractivity contribution in [2.24, 2.45) is 17.8 Å². The quantitative estimate of drug-likeness (QED) is 0.422. The van der Waals surface area contributed by atoms with Crippen LogP contribution in [0.5, 0.6) is 0 Å². The molecule has 0 amide bonds. The van der Waals surface area contributed by atoms with Gasteiger partial charge < -0.3 is 15.6 Å². The Balaban J connectivity index is 0.00000242. The van der Waals surface area contributed by atoms with Crippen LogP contribution in [0.4, 0.5) is 0 Å². The number of aryl methyl sites for hydroxylation is 1. The average molecular weight is 454 g/mol.